The summed E-state index contributed by atoms with van der Waals surface area (Å²) in [4.78, 5) is 33.2. The van der Waals surface area contributed by atoms with E-state index in [9.17, 15) is 40.7 Å². The average molecular weight is 378 g/mol. The number of alkyl halides is 6. The van der Waals surface area contributed by atoms with Crippen LogP contribution in [0.15, 0.2) is 0 Å². The minimum atomic E-state index is -5.03. The van der Waals surface area contributed by atoms with Gasteiger partial charge in [0.2, 0.25) is 0 Å². The Morgan fingerprint density at radius 1 is 0.840 bits per heavy atom. The minimum absolute atomic E-state index is 0.0467. The SMILES string of the molecule is CC(=O)CCCN(CCCCCNC(=O)C(F)(F)F)C(=O)C(F)(F)F. The Morgan fingerprint density at radius 2 is 1.40 bits per heavy atom. The van der Waals surface area contributed by atoms with Crippen LogP contribution in [0.25, 0.3) is 0 Å². The highest BCUT2D eigenvalue weighted by Crippen LogP contribution is 2.19. The topological polar surface area (TPSA) is 66.5 Å². The summed E-state index contributed by atoms with van der Waals surface area (Å²) in [6, 6.07) is 0. The number of halogens is 6. The molecule has 0 spiro atoms. The Bertz CT molecular complexity index is 462. The van der Waals surface area contributed by atoms with E-state index >= 15 is 0 Å². The molecule has 1 N–H and O–H groups in total. The molecule has 0 aromatic carbocycles. The number of hydrogen-bond acceptors (Lipinski definition) is 3. The lowest BCUT2D eigenvalue weighted by molar-refractivity contribution is -0.185. The summed E-state index contributed by atoms with van der Waals surface area (Å²) in [6.45, 7) is 0.549. The van der Waals surface area contributed by atoms with Crippen molar-refractivity contribution in [3.05, 3.63) is 0 Å². The summed E-state index contributed by atoms with van der Waals surface area (Å²) in [5.41, 5.74) is 0. The first-order valence-corrected chi connectivity index (χ1v) is 7.56. The Kier molecular flexibility index (Phi) is 9.50. The van der Waals surface area contributed by atoms with E-state index < -0.39 is 24.2 Å². The molecule has 2 amide bonds. The van der Waals surface area contributed by atoms with Crippen LogP contribution in [0, 0.1) is 0 Å². The first kappa shape index (κ1) is 23.2. The van der Waals surface area contributed by atoms with Gasteiger partial charge in [0.05, 0.1) is 0 Å². The van der Waals surface area contributed by atoms with Gasteiger partial charge in [0.25, 0.3) is 0 Å². The lowest BCUT2D eigenvalue weighted by atomic mass is 10.2. The normalized spacial score (nSPS) is 12.0. The van der Waals surface area contributed by atoms with Gasteiger partial charge >= 0.3 is 24.2 Å². The molecule has 0 radical (unpaired) electrons. The van der Waals surface area contributed by atoms with Crippen molar-refractivity contribution in [1.29, 1.82) is 0 Å². The molecule has 0 rings (SSSR count). The average Bonchev–Trinajstić information content (AvgIpc) is 2.45. The predicted octanol–water partition coefficient (Wildman–Crippen LogP) is 2.60. The van der Waals surface area contributed by atoms with Gasteiger partial charge in [-0.3, -0.25) is 9.59 Å². The maximum atomic E-state index is 12.5. The lowest BCUT2D eigenvalue weighted by Gasteiger charge is -2.23. The van der Waals surface area contributed by atoms with Crippen LogP contribution in [-0.2, 0) is 14.4 Å². The van der Waals surface area contributed by atoms with Gasteiger partial charge in [-0.25, -0.2) is 0 Å². The van der Waals surface area contributed by atoms with Gasteiger partial charge in [0.15, 0.2) is 0 Å². The number of carbonyl (C=O) groups excluding carboxylic acids is 3. The number of nitrogens with zero attached hydrogens (tertiary/aromatic N) is 1. The molecule has 11 heteroatoms. The fourth-order valence-corrected chi connectivity index (χ4v) is 1.92. The maximum absolute atomic E-state index is 12.5. The predicted molar refractivity (Wildman–Crippen MR) is 75.5 cm³/mol. The Balaban J connectivity index is 4.23. The Hall–Kier alpha value is -1.81. The van der Waals surface area contributed by atoms with Crippen molar-refractivity contribution in [3.63, 3.8) is 0 Å². The third-order valence-corrected chi connectivity index (χ3v) is 3.13. The van der Waals surface area contributed by atoms with E-state index in [0.717, 1.165) is 0 Å². The summed E-state index contributed by atoms with van der Waals surface area (Å²) in [5.74, 6) is -4.30. The largest absolute Gasteiger partial charge is 0.471 e. The molecule has 0 aliphatic rings. The summed E-state index contributed by atoms with van der Waals surface area (Å²) < 4.78 is 73.3. The smallest absolute Gasteiger partial charge is 0.348 e. The summed E-state index contributed by atoms with van der Waals surface area (Å²) in [7, 11) is 0. The van der Waals surface area contributed by atoms with E-state index in [1.54, 1.807) is 5.32 Å². The van der Waals surface area contributed by atoms with Crippen LogP contribution in [0.1, 0.15) is 39.0 Å². The standard InChI is InChI=1S/C14H20F6N2O3/c1-10(23)6-5-9-22(12(25)14(18,19)20)8-4-2-3-7-21-11(24)13(15,16)17/h2-9H2,1H3,(H,21,24). The minimum Gasteiger partial charge on any atom is -0.348 e. The number of unbranched alkanes of at least 4 members (excludes halogenated alkanes) is 2. The van der Waals surface area contributed by atoms with E-state index in [4.69, 9.17) is 0 Å². The highest BCUT2D eigenvalue weighted by atomic mass is 19.4. The van der Waals surface area contributed by atoms with E-state index in [-0.39, 0.29) is 57.5 Å². The molecule has 0 bridgehead atoms. The molecule has 0 aromatic rings. The van der Waals surface area contributed by atoms with Crippen molar-refractivity contribution >= 4 is 17.6 Å². The fraction of sp³-hybridized carbons (Fsp3) is 0.786. The molecule has 0 heterocycles. The third-order valence-electron chi connectivity index (χ3n) is 3.13. The van der Waals surface area contributed by atoms with Gasteiger partial charge in [-0.05, 0) is 32.6 Å². The van der Waals surface area contributed by atoms with E-state index in [0.29, 0.717) is 4.90 Å². The molecule has 0 saturated heterocycles. The number of nitrogens with one attached hydrogen (secondary N) is 1. The molecule has 0 aliphatic heterocycles. The third kappa shape index (κ3) is 10.6. The van der Waals surface area contributed by atoms with Crippen molar-refractivity contribution in [2.24, 2.45) is 0 Å². The molecule has 25 heavy (non-hydrogen) atoms. The van der Waals surface area contributed by atoms with Crippen LogP contribution >= 0.6 is 0 Å². The van der Waals surface area contributed by atoms with Crippen LogP contribution in [0.3, 0.4) is 0 Å². The van der Waals surface area contributed by atoms with Gasteiger partial charge in [-0.2, -0.15) is 26.3 Å². The molecule has 0 fully saturated rings. The number of carbonyl (C=O) groups is 3. The second-order valence-corrected chi connectivity index (χ2v) is 5.41. The summed E-state index contributed by atoms with van der Waals surface area (Å²) >= 11 is 0. The number of ketones is 1. The zero-order valence-corrected chi connectivity index (χ0v) is 13.6. The van der Waals surface area contributed by atoms with E-state index in [2.05, 4.69) is 0 Å². The highest BCUT2D eigenvalue weighted by Gasteiger charge is 2.42. The molecule has 5 nitrogen and oxygen atoms in total. The van der Waals surface area contributed by atoms with E-state index in [1.807, 2.05) is 0 Å². The van der Waals surface area contributed by atoms with Gasteiger partial charge in [0.1, 0.15) is 5.78 Å². The van der Waals surface area contributed by atoms with Crippen molar-refractivity contribution in [1.82, 2.24) is 10.2 Å². The number of Topliss-reactive ketones (excluding diaryl/α,β-unsaturated/α-hetero) is 1. The molecule has 0 atom stereocenters. The van der Waals surface area contributed by atoms with Crippen molar-refractivity contribution < 1.29 is 40.7 Å². The quantitative estimate of drug-likeness (QED) is 0.469. The zero-order valence-electron chi connectivity index (χ0n) is 13.6. The first-order chi connectivity index (χ1) is 11.4. The second-order valence-electron chi connectivity index (χ2n) is 5.41. The summed E-state index contributed by atoms with van der Waals surface area (Å²) in [5, 5.41) is 1.64. The van der Waals surface area contributed by atoms with Crippen LogP contribution in [0.2, 0.25) is 0 Å². The zero-order chi connectivity index (χ0) is 19.7. The molecule has 0 unspecified atom stereocenters. The second kappa shape index (κ2) is 10.2. The Morgan fingerprint density at radius 3 is 1.88 bits per heavy atom. The van der Waals surface area contributed by atoms with Gasteiger partial charge < -0.3 is 15.0 Å². The number of rotatable bonds is 10. The van der Waals surface area contributed by atoms with Gasteiger partial charge in [-0.1, -0.05) is 0 Å². The molecule has 0 aliphatic carbocycles. The molecule has 0 aromatic heterocycles. The number of hydrogen-bond donors (Lipinski definition) is 1. The maximum Gasteiger partial charge on any atom is 0.471 e. The van der Waals surface area contributed by atoms with Crippen LogP contribution < -0.4 is 5.32 Å². The molecular formula is C14H20F6N2O3. The van der Waals surface area contributed by atoms with Crippen LogP contribution in [0.5, 0.6) is 0 Å². The lowest BCUT2D eigenvalue weighted by Crippen LogP contribution is -2.42. The van der Waals surface area contributed by atoms with Crippen molar-refractivity contribution in [2.45, 2.75) is 51.4 Å². The fourth-order valence-electron chi connectivity index (χ4n) is 1.92. The monoisotopic (exact) mass is 378 g/mol. The van der Waals surface area contributed by atoms with Gasteiger partial charge in [-0.15, -0.1) is 0 Å². The molecule has 0 saturated carbocycles. The number of amides is 2. The van der Waals surface area contributed by atoms with E-state index in [1.165, 1.54) is 6.92 Å². The Labute approximate surface area is 140 Å². The first-order valence-electron chi connectivity index (χ1n) is 7.56. The highest BCUT2D eigenvalue weighted by molar-refractivity contribution is 5.82. The van der Waals surface area contributed by atoms with Crippen molar-refractivity contribution in [3.8, 4) is 0 Å². The van der Waals surface area contributed by atoms with Crippen LogP contribution in [0.4, 0.5) is 26.3 Å². The molecule has 146 valence electrons. The molecular weight excluding hydrogens is 358 g/mol. The van der Waals surface area contributed by atoms with Crippen LogP contribution in [-0.4, -0.2) is 54.5 Å². The van der Waals surface area contributed by atoms with Gasteiger partial charge in [0, 0.05) is 26.1 Å². The van der Waals surface area contributed by atoms with Crippen molar-refractivity contribution in [2.75, 3.05) is 19.6 Å². The summed E-state index contributed by atoms with van der Waals surface area (Å²) in [6.07, 6.45) is -9.38.